The van der Waals surface area contributed by atoms with Gasteiger partial charge in [-0.1, -0.05) is 6.42 Å². The standard InChI is InChI=1S/C16H26N4O/c21-11-14-4-1-2-8-20(14)9-3-7-17-16-10-15(13-5-6-13)18-12-19-16/h10,12-14,21H,1-9,11H2,(H,17,18,19). The maximum atomic E-state index is 9.41. The Morgan fingerprint density at radius 3 is 2.95 bits per heavy atom. The van der Waals surface area contributed by atoms with Crippen molar-refractivity contribution in [2.75, 3.05) is 31.6 Å². The van der Waals surface area contributed by atoms with Crippen molar-refractivity contribution in [1.82, 2.24) is 14.9 Å². The maximum Gasteiger partial charge on any atom is 0.129 e. The lowest BCUT2D eigenvalue weighted by molar-refractivity contribution is 0.0901. The number of hydrogen-bond acceptors (Lipinski definition) is 5. The molecule has 0 radical (unpaired) electrons. The third kappa shape index (κ3) is 4.14. The van der Waals surface area contributed by atoms with Gasteiger partial charge in [-0.3, -0.25) is 4.90 Å². The van der Waals surface area contributed by atoms with E-state index >= 15 is 0 Å². The third-order valence-electron chi connectivity index (χ3n) is 4.57. The van der Waals surface area contributed by atoms with Crippen LogP contribution in [-0.4, -0.2) is 52.3 Å². The largest absolute Gasteiger partial charge is 0.395 e. The van der Waals surface area contributed by atoms with Crippen LogP contribution in [0.1, 0.15) is 50.1 Å². The highest BCUT2D eigenvalue weighted by atomic mass is 16.3. The summed E-state index contributed by atoms with van der Waals surface area (Å²) in [6, 6.07) is 2.47. The van der Waals surface area contributed by atoms with E-state index in [0.717, 1.165) is 38.3 Å². The van der Waals surface area contributed by atoms with E-state index in [2.05, 4.69) is 26.3 Å². The van der Waals surface area contributed by atoms with Gasteiger partial charge in [0.1, 0.15) is 12.1 Å². The minimum absolute atomic E-state index is 0.296. The van der Waals surface area contributed by atoms with Gasteiger partial charge in [0.25, 0.3) is 0 Å². The molecule has 2 fully saturated rings. The highest BCUT2D eigenvalue weighted by molar-refractivity contribution is 5.36. The number of aliphatic hydroxyl groups is 1. The van der Waals surface area contributed by atoms with E-state index in [9.17, 15) is 5.11 Å². The van der Waals surface area contributed by atoms with E-state index in [1.54, 1.807) is 6.33 Å². The van der Waals surface area contributed by atoms with Crippen molar-refractivity contribution in [1.29, 1.82) is 0 Å². The molecule has 1 aromatic heterocycles. The van der Waals surface area contributed by atoms with Crippen LogP contribution in [0.5, 0.6) is 0 Å². The lowest BCUT2D eigenvalue weighted by Crippen LogP contribution is -2.42. The number of hydrogen-bond donors (Lipinski definition) is 2. The van der Waals surface area contributed by atoms with E-state index in [1.165, 1.54) is 31.4 Å². The molecule has 5 nitrogen and oxygen atoms in total. The molecule has 0 aromatic carbocycles. The zero-order chi connectivity index (χ0) is 14.5. The summed E-state index contributed by atoms with van der Waals surface area (Å²) >= 11 is 0. The fourth-order valence-electron chi connectivity index (χ4n) is 3.13. The molecule has 0 bridgehead atoms. The zero-order valence-electron chi connectivity index (χ0n) is 12.7. The first-order valence-corrected chi connectivity index (χ1v) is 8.27. The summed E-state index contributed by atoms with van der Waals surface area (Å²) in [6.45, 7) is 3.41. The Morgan fingerprint density at radius 1 is 1.24 bits per heavy atom. The first-order valence-electron chi connectivity index (χ1n) is 8.27. The second-order valence-corrected chi connectivity index (χ2v) is 6.25. The maximum absolute atomic E-state index is 9.41. The highest BCUT2D eigenvalue weighted by Crippen LogP contribution is 2.39. The topological polar surface area (TPSA) is 61.3 Å². The van der Waals surface area contributed by atoms with Crippen LogP contribution in [0.4, 0.5) is 5.82 Å². The average molecular weight is 290 g/mol. The van der Waals surface area contributed by atoms with E-state index in [1.807, 2.05) is 0 Å². The molecule has 1 aliphatic carbocycles. The average Bonchev–Trinajstić information content (AvgIpc) is 3.37. The van der Waals surface area contributed by atoms with Crippen LogP contribution in [0.2, 0.25) is 0 Å². The van der Waals surface area contributed by atoms with Gasteiger partial charge < -0.3 is 10.4 Å². The molecule has 1 unspecified atom stereocenters. The summed E-state index contributed by atoms with van der Waals surface area (Å²) in [5, 5.41) is 12.8. The molecular formula is C16H26N4O. The molecule has 1 aliphatic heterocycles. The van der Waals surface area contributed by atoms with Gasteiger partial charge >= 0.3 is 0 Å². The molecule has 2 aliphatic rings. The Bertz CT molecular complexity index is 450. The molecule has 1 aromatic rings. The monoisotopic (exact) mass is 290 g/mol. The van der Waals surface area contributed by atoms with Gasteiger partial charge in [0.15, 0.2) is 0 Å². The summed E-state index contributed by atoms with van der Waals surface area (Å²) < 4.78 is 0. The van der Waals surface area contributed by atoms with Crippen molar-refractivity contribution >= 4 is 5.82 Å². The van der Waals surface area contributed by atoms with Gasteiger partial charge in [-0.2, -0.15) is 0 Å². The fraction of sp³-hybridized carbons (Fsp3) is 0.750. The van der Waals surface area contributed by atoms with Crippen LogP contribution >= 0.6 is 0 Å². The molecule has 3 rings (SSSR count). The van der Waals surface area contributed by atoms with Crippen LogP contribution in [0, 0.1) is 0 Å². The number of likely N-dealkylation sites (tertiary alicyclic amines) is 1. The first kappa shape index (κ1) is 14.7. The number of rotatable bonds is 7. The summed E-state index contributed by atoms with van der Waals surface area (Å²) in [5.41, 5.74) is 1.18. The van der Waals surface area contributed by atoms with Crippen molar-refractivity contribution in [2.45, 2.75) is 50.5 Å². The van der Waals surface area contributed by atoms with E-state index in [4.69, 9.17) is 0 Å². The van der Waals surface area contributed by atoms with Gasteiger partial charge in [0.05, 0.1) is 6.61 Å². The quantitative estimate of drug-likeness (QED) is 0.752. The number of aromatic nitrogens is 2. The first-order chi connectivity index (χ1) is 10.4. The molecule has 2 N–H and O–H groups in total. The second kappa shape index (κ2) is 7.18. The van der Waals surface area contributed by atoms with Gasteiger partial charge in [-0.25, -0.2) is 9.97 Å². The summed E-state index contributed by atoms with van der Waals surface area (Å²) in [6.07, 6.45) is 8.95. The normalized spacial score (nSPS) is 23.2. The smallest absolute Gasteiger partial charge is 0.129 e. The Balaban J connectivity index is 1.40. The minimum atomic E-state index is 0.296. The van der Waals surface area contributed by atoms with Crippen LogP contribution in [0.25, 0.3) is 0 Å². The molecule has 116 valence electrons. The molecule has 0 spiro atoms. The summed E-state index contributed by atoms with van der Waals surface area (Å²) in [4.78, 5) is 11.1. The zero-order valence-corrected chi connectivity index (χ0v) is 12.7. The predicted octanol–water partition coefficient (Wildman–Crippen LogP) is 2.00. The van der Waals surface area contributed by atoms with Gasteiger partial charge in [-0.05, 0) is 38.6 Å². The summed E-state index contributed by atoms with van der Waals surface area (Å²) in [7, 11) is 0. The lowest BCUT2D eigenvalue weighted by atomic mass is 10.0. The van der Waals surface area contributed by atoms with E-state index < -0.39 is 0 Å². The van der Waals surface area contributed by atoms with Gasteiger partial charge in [0, 0.05) is 36.8 Å². The molecule has 2 heterocycles. The Labute approximate surface area is 126 Å². The molecule has 1 saturated carbocycles. The Kier molecular flexibility index (Phi) is 5.04. The van der Waals surface area contributed by atoms with E-state index in [-0.39, 0.29) is 0 Å². The van der Waals surface area contributed by atoms with Crippen LogP contribution < -0.4 is 5.32 Å². The van der Waals surface area contributed by atoms with Crippen LogP contribution in [-0.2, 0) is 0 Å². The number of piperidine rings is 1. The Morgan fingerprint density at radius 2 is 2.14 bits per heavy atom. The van der Waals surface area contributed by atoms with Crippen molar-refractivity contribution in [3.8, 4) is 0 Å². The SMILES string of the molecule is OCC1CCCCN1CCCNc1cc(C2CC2)ncn1. The third-order valence-corrected chi connectivity index (χ3v) is 4.57. The highest BCUT2D eigenvalue weighted by Gasteiger charge is 2.25. The van der Waals surface area contributed by atoms with Crippen molar-refractivity contribution < 1.29 is 5.11 Å². The van der Waals surface area contributed by atoms with Gasteiger partial charge in [0.2, 0.25) is 0 Å². The molecule has 0 amide bonds. The van der Waals surface area contributed by atoms with E-state index in [0.29, 0.717) is 18.6 Å². The van der Waals surface area contributed by atoms with Crippen molar-refractivity contribution in [2.24, 2.45) is 0 Å². The number of aliphatic hydroxyl groups excluding tert-OH is 1. The van der Waals surface area contributed by atoms with Crippen molar-refractivity contribution in [3.63, 3.8) is 0 Å². The lowest BCUT2D eigenvalue weighted by Gasteiger charge is -2.34. The molecule has 5 heteroatoms. The number of anilines is 1. The minimum Gasteiger partial charge on any atom is -0.395 e. The van der Waals surface area contributed by atoms with Crippen LogP contribution in [0.15, 0.2) is 12.4 Å². The number of nitrogens with zero attached hydrogens (tertiary/aromatic N) is 3. The fourth-order valence-corrected chi connectivity index (χ4v) is 3.13. The molecular weight excluding hydrogens is 264 g/mol. The number of nitrogens with one attached hydrogen (secondary N) is 1. The van der Waals surface area contributed by atoms with Crippen LogP contribution in [0.3, 0.4) is 0 Å². The Hall–Kier alpha value is -1.20. The second-order valence-electron chi connectivity index (χ2n) is 6.25. The predicted molar refractivity (Wildman–Crippen MR) is 83.4 cm³/mol. The summed E-state index contributed by atoms with van der Waals surface area (Å²) in [5.74, 6) is 1.62. The molecule has 1 saturated heterocycles. The molecule has 21 heavy (non-hydrogen) atoms. The molecule has 1 atom stereocenters. The van der Waals surface area contributed by atoms with Crippen molar-refractivity contribution in [3.05, 3.63) is 18.1 Å². The van der Waals surface area contributed by atoms with Gasteiger partial charge in [-0.15, -0.1) is 0 Å².